The van der Waals surface area contributed by atoms with Gasteiger partial charge in [-0.05, 0) is 38.1 Å². The number of hydrogen-bond donors (Lipinski definition) is 3. The summed E-state index contributed by atoms with van der Waals surface area (Å²) in [6, 6.07) is 13.4. The predicted octanol–water partition coefficient (Wildman–Crippen LogP) is 4.33. The van der Waals surface area contributed by atoms with E-state index in [-0.39, 0.29) is 5.91 Å². The molecule has 2 aromatic rings. The first-order chi connectivity index (χ1) is 13.0. The predicted molar refractivity (Wildman–Crippen MR) is 111 cm³/mol. The van der Waals surface area contributed by atoms with Crippen molar-refractivity contribution in [1.29, 1.82) is 5.26 Å². The Morgan fingerprint density at radius 2 is 2.04 bits per heavy atom. The van der Waals surface area contributed by atoms with Crippen LogP contribution in [0.25, 0.3) is 0 Å². The van der Waals surface area contributed by atoms with Crippen molar-refractivity contribution in [3.63, 3.8) is 0 Å². The minimum Gasteiger partial charge on any atom is -0.495 e. The van der Waals surface area contributed by atoms with Crippen molar-refractivity contribution in [1.82, 2.24) is 5.32 Å². The van der Waals surface area contributed by atoms with Crippen molar-refractivity contribution < 1.29 is 9.53 Å². The third kappa shape index (κ3) is 3.72. The fourth-order valence-corrected chi connectivity index (χ4v) is 4.40. The molecule has 7 heteroatoms. The Morgan fingerprint density at radius 3 is 2.67 bits per heavy atom. The average molecular weight is 398 g/mol. The number of methoxy groups -OCH3 is 1. The maximum atomic E-state index is 13.2. The Balaban J connectivity index is 2.04. The molecule has 1 aliphatic heterocycles. The first-order valence-corrected chi connectivity index (χ1v) is 9.54. The van der Waals surface area contributed by atoms with Crippen LogP contribution in [0, 0.1) is 18.3 Å². The number of nitriles is 1. The lowest BCUT2D eigenvalue weighted by Gasteiger charge is -2.27. The first kappa shape index (κ1) is 19.1. The molecule has 3 rings (SSSR count). The maximum absolute atomic E-state index is 13.2. The normalized spacial score (nSPS) is 16.6. The van der Waals surface area contributed by atoms with Gasteiger partial charge in [-0.25, -0.2) is 0 Å². The number of nitrogens with one attached hydrogen (secondary N) is 2. The number of dihydropyridines is 1. The zero-order chi connectivity index (χ0) is 19.6. The van der Waals surface area contributed by atoms with Gasteiger partial charge in [-0.1, -0.05) is 12.1 Å². The first-order valence-electron chi connectivity index (χ1n) is 8.28. The van der Waals surface area contributed by atoms with Crippen LogP contribution in [0.4, 0.5) is 5.69 Å². The number of nitrogens with zero attached hydrogens (tertiary/aromatic N) is 1. The fourth-order valence-electron chi connectivity index (χ4n) is 3.06. The highest BCUT2D eigenvalue weighted by Crippen LogP contribution is 2.41. The van der Waals surface area contributed by atoms with Crippen molar-refractivity contribution in [3.05, 3.63) is 68.0 Å². The van der Waals surface area contributed by atoms with Crippen molar-refractivity contribution in [2.45, 2.75) is 19.8 Å². The Hall–Kier alpha value is -2.69. The molecule has 0 fully saturated rings. The molecule has 0 bridgehead atoms. The highest BCUT2D eigenvalue weighted by Gasteiger charge is 2.34. The second-order valence-electron chi connectivity index (χ2n) is 6.07. The van der Waals surface area contributed by atoms with E-state index in [1.54, 1.807) is 30.6 Å². The number of aryl methyl sites for hydroxylation is 1. The van der Waals surface area contributed by atoms with E-state index in [4.69, 9.17) is 4.74 Å². The van der Waals surface area contributed by atoms with Gasteiger partial charge in [-0.3, -0.25) is 4.79 Å². The summed E-state index contributed by atoms with van der Waals surface area (Å²) in [5.41, 5.74) is 2.17. The van der Waals surface area contributed by atoms with Crippen LogP contribution >= 0.6 is 24.0 Å². The molecular weight excluding hydrogens is 378 g/mol. The van der Waals surface area contributed by atoms with E-state index >= 15 is 0 Å². The molecular formula is C20H19N3O2S2. The van der Waals surface area contributed by atoms with Crippen LogP contribution in [0.1, 0.15) is 22.6 Å². The van der Waals surface area contributed by atoms with Crippen LogP contribution in [0.3, 0.4) is 0 Å². The Bertz CT molecular complexity index is 999. The SMILES string of the molecule is COc1ccccc1NC(=O)C1=C(C)NC(S)=C(C#N)C1c1ccc(C)s1. The lowest BCUT2D eigenvalue weighted by molar-refractivity contribution is -0.113. The molecule has 2 heterocycles. The molecule has 27 heavy (non-hydrogen) atoms. The molecule has 0 spiro atoms. The lowest BCUT2D eigenvalue weighted by Crippen LogP contribution is -2.29. The second-order valence-corrected chi connectivity index (χ2v) is 7.84. The van der Waals surface area contributed by atoms with Crippen molar-refractivity contribution >= 4 is 35.6 Å². The molecule has 1 atom stereocenters. The van der Waals surface area contributed by atoms with E-state index < -0.39 is 5.92 Å². The third-order valence-electron chi connectivity index (χ3n) is 4.31. The second kappa shape index (κ2) is 7.91. The Labute approximate surface area is 167 Å². The van der Waals surface area contributed by atoms with Gasteiger partial charge in [0.15, 0.2) is 0 Å². The number of allylic oxidation sites excluding steroid dienone is 2. The van der Waals surface area contributed by atoms with Crippen LogP contribution < -0.4 is 15.4 Å². The Morgan fingerprint density at radius 1 is 1.30 bits per heavy atom. The molecule has 1 aromatic heterocycles. The molecule has 0 radical (unpaired) electrons. The molecule has 138 valence electrons. The maximum Gasteiger partial charge on any atom is 0.254 e. The number of carbonyl (C=O) groups excluding carboxylic acids is 1. The van der Waals surface area contributed by atoms with Gasteiger partial charge in [0, 0.05) is 21.0 Å². The zero-order valence-corrected chi connectivity index (χ0v) is 16.9. The smallest absolute Gasteiger partial charge is 0.254 e. The monoisotopic (exact) mass is 397 g/mol. The van der Waals surface area contributed by atoms with E-state index in [0.29, 0.717) is 33.3 Å². The van der Waals surface area contributed by atoms with Gasteiger partial charge in [-0.2, -0.15) is 5.26 Å². The average Bonchev–Trinajstić information content (AvgIpc) is 3.07. The molecule has 1 aromatic carbocycles. The number of rotatable bonds is 4. The number of hydrogen-bond acceptors (Lipinski definition) is 6. The van der Waals surface area contributed by atoms with Crippen LogP contribution in [-0.2, 0) is 4.79 Å². The van der Waals surface area contributed by atoms with E-state index in [1.165, 1.54) is 0 Å². The summed E-state index contributed by atoms with van der Waals surface area (Å²) in [4.78, 5) is 15.2. The van der Waals surface area contributed by atoms with Crippen LogP contribution in [0.5, 0.6) is 5.75 Å². The molecule has 1 unspecified atom stereocenters. The number of thiol groups is 1. The summed E-state index contributed by atoms with van der Waals surface area (Å²) >= 11 is 5.98. The van der Waals surface area contributed by atoms with Crippen molar-refractivity contribution in [2.75, 3.05) is 12.4 Å². The minimum absolute atomic E-state index is 0.283. The molecule has 5 nitrogen and oxygen atoms in total. The van der Waals surface area contributed by atoms with Gasteiger partial charge >= 0.3 is 0 Å². The van der Waals surface area contributed by atoms with Crippen LogP contribution in [0.2, 0.25) is 0 Å². The molecule has 0 aliphatic carbocycles. The number of anilines is 1. The molecule has 0 saturated carbocycles. The number of ether oxygens (including phenoxy) is 1. The topological polar surface area (TPSA) is 74.2 Å². The van der Waals surface area contributed by atoms with E-state index in [9.17, 15) is 10.1 Å². The third-order valence-corrected chi connectivity index (χ3v) is 5.73. The summed E-state index contributed by atoms with van der Waals surface area (Å²) in [6.07, 6.45) is 0. The molecule has 2 N–H and O–H groups in total. The molecule has 0 saturated heterocycles. The van der Waals surface area contributed by atoms with Gasteiger partial charge in [0.05, 0.1) is 35.4 Å². The lowest BCUT2D eigenvalue weighted by atomic mass is 9.86. The van der Waals surface area contributed by atoms with Gasteiger partial charge in [0.1, 0.15) is 5.75 Å². The van der Waals surface area contributed by atoms with E-state index in [1.807, 2.05) is 38.1 Å². The number of benzene rings is 1. The number of carbonyl (C=O) groups is 1. The van der Waals surface area contributed by atoms with Crippen molar-refractivity contribution in [2.24, 2.45) is 0 Å². The van der Waals surface area contributed by atoms with Gasteiger partial charge in [0.2, 0.25) is 0 Å². The standard InChI is InChI=1S/C20H19N3O2S2/c1-11-8-9-16(27-11)18-13(10-21)20(26)22-12(2)17(18)19(24)23-14-6-4-5-7-15(14)25-3/h4-9,18,22,26H,1-3H3,(H,23,24). The van der Waals surface area contributed by atoms with Gasteiger partial charge in [-0.15, -0.1) is 24.0 Å². The van der Waals surface area contributed by atoms with Crippen LogP contribution in [0.15, 0.2) is 58.3 Å². The molecule has 1 amide bonds. The highest BCUT2D eigenvalue weighted by molar-refractivity contribution is 7.84. The summed E-state index contributed by atoms with van der Waals surface area (Å²) in [5, 5.41) is 16.1. The minimum atomic E-state index is -0.461. The molecule has 1 aliphatic rings. The van der Waals surface area contributed by atoms with E-state index in [0.717, 1.165) is 9.75 Å². The zero-order valence-electron chi connectivity index (χ0n) is 15.2. The number of thiophene rings is 1. The quantitative estimate of drug-likeness (QED) is 0.672. The van der Waals surface area contributed by atoms with Gasteiger partial charge in [0.25, 0.3) is 5.91 Å². The highest BCUT2D eigenvalue weighted by atomic mass is 32.1. The Kier molecular flexibility index (Phi) is 5.59. The fraction of sp³-hybridized carbons (Fsp3) is 0.200. The van der Waals surface area contributed by atoms with E-state index in [2.05, 4.69) is 29.3 Å². The summed E-state index contributed by atoms with van der Waals surface area (Å²) in [6.45, 7) is 3.81. The van der Waals surface area contributed by atoms with Gasteiger partial charge < -0.3 is 15.4 Å². The summed E-state index contributed by atoms with van der Waals surface area (Å²) in [7, 11) is 1.55. The summed E-state index contributed by atoms with van der Waals surface area (Å²) < 4.78 is 5.32. The number of para-hydroxylation sites is 2. The van der Waals surface area contributed by atoms with Crippen LogP contribution in [-0.4, -0.2) is 13.0 Å². The number of amides is 1. The largest absolute Gasteiger partial charge is 0.495 e. The summed E-state index contributed by atoms with van der Waals surface area (Å²) in [5.74, 6) is -0.173. The van der Waals surface area contributed by atoms with Crippen molar-refractivity contribution in [3.8, 4) is 11.8 Å².